The van der Waals surface area contributed by atoms with E-state index in [0.29, 0.717) is 26.0 Å². The van der Waals surface area contributed by atoms with Gasteiger partial charge in [0.2, 0.25) is 0 Å². The Morgan fingerprint density at radius 2 is 1.96 bits per heavy atom. The maximum Gasteiger partial charge on any atom is 0.109 e. The van der Waals surface area contributed by atoms with Crippen molar-refractivity contribution in [3.63, 3.8) is 0 Å². The first kappa shape index (κ1) is 16.9. The number of nitrogens with zero attached hydrogens (tertiary/aromatic N) is 3. The third-order valence-corrected chi connectivity index (χ3v) is 4.45. The lowest BCUT2D eigenvalue weighted by molar-refractivity contribution is -0.00139. The summed E-state index contributed by atoms with van der Waals surface area (Å²) in [5.41, 5.74) is 0.858. The summed E-state index contributed by atoms with van der Waals surface area (Å²) in [6, 6.07) is -0.584. The lowest BCUT2D eigenvalue weighted by Gasteiger charge is -2.17. The van der Waals surface area contributed by atoms with Crippen LogP contribution in [0.15, 0.2) is 6.20 Å². The molecule has 4 radical (unpaired) electrons. The molecule has 0 saturated carbocycles. The fourth-order valence-electron chi connectivity index (χ4n) is 3.32. The van der Waals surface area contributed by atoms with Crippen molar-refractivity contribution >= 4 is 15.7 Å². The number of rotatable bonds is 6. The predicted octanol–water partition coefficient (Wildman–Crippen LogP) is -0.410. The van der Waals surface area contributed by atoms with Crippen molar-refractivity contribution in [2.75, 3.05) is 20.8 Å². The van der Waals surface area contributed by atoms with Crippen LogP contribution < -0.4 is 0 Å². The average Bonchev–Trinajstić information content (AvgIpc) is 3.19. The van der Waals surface area contributed by atoms with E-state index in [1.54, 1.807) is 18.9 Å². The molecule has 2 fully saturated rings. The number of hydrogen-bond donors (Lipinski definition) is 0. The van der Waals surface area contributed by atoms with E-state index in [1.165, 1.54) is 0 Å². The summed E-state index contributed by atoms with van der Waals surface area (Å²) in [5.74, 6) is 0.0867. The lowest BCUT2D eigenvalue weighted by Crippen LogP contribution is -2.28. The summed E-state index contributed by atoms with van der Waals surface area (Å²) >= 11 is 0. The molecule has 0 aromatic carbocycles. The van der Waals surface area contributed by atoms with Crippen molar-refractivity contribution < 1.29 is 18.9 Å². The molecule has 3 rings (SSSR count). The normalized spacial score (nSPS) is 37.5. The van der Waals surface area contributed by atoms with E-state index in [1.807, 2.05) is 6.20 Å². The third kappa shape index (κ3) is 3.79. The number of methoxy groups -OCH3 is 2. The highest BCUT2D eigenvalue weighted by molar-refractivity contribution is 6.11. The molecule has 2 unspecified atom stereocenters. The van der Waals surface area contributed by atoms with Crippen molar-refractivity contribution in [2.45, 2.75) is 55.6 Å². The molecular formula is C14H21B2N3O4. The molecule has 3 heterocycles. The molecular weight excluding hydrogens is 296 g/mol. The van der Waals surface area contributed by atoms with Crippen molar-refractivity contribution in [1.82, 2.24) is 15.0 Å². The van der Waals surface area contributed by atoms with Gasteiger partial charge in [0.15, 0.2) is 0 Å². The maximum atomic E-state index is 5.89. The van der Waals surface area contributed by atoms with Crippen LogP contribution in [0.5, 0.6) is 0 Å². The van der Waals surface area contributed by atoms with Gasteiger partial charge in [0.1, 0.15) is 21.8 Å². The van der Waals surface area contributed by atoms with E-state index in [-0.39, 0.29) is 36.2 Å². The summed E-state index contributed by atoms with van der Waals surface area (Å²) in [6.07, 6.45) is 3.06. The van der Waals surface area contributed by atoms with E-state index >= 15 is 0 Å². The first-order chi connectivity index (χ1) is 11.1. The highest BCUT2D eigenvalue weighted by Crippen LogP contribution is 2.33. The molecule has 0 aliphatic carbocycles. The fraction of sp³-hybridized carbons (Fsp3) is 0.857. The van der Waals surface area contributed by atoms with E-state index < -0.39 is 0 Å². The molecule has 1 aromatic rings. The highest BCUT2D eigenvalue weighted by atomic mass is 16.6. The van der Waals surface area contributed by atoms with Crippen LogP contribution in [-0.4, -0.2) is 81.8 Å². The summed E-state index contributed by atoms with van der Waals surface area (Å²) in [6.45, 7) is 1.03. The van der Waals surface area contributed by atoms with Gasteiger partial charge in [-0.2, -0.15) is 0 Å². The molecule has 0 bridgehead atoms. The zero-order valence-corrected chi connectivity index (χ0v) is 13.5. The number of aromatic nitrogens is 3. The quantitative estimate of drug-likeness (QED) is 0.665. The van der Waals surface area contributed by atoms with Crippen molar-refractivity contribution in [1.29, 1.82) is 0 Å². The van der Waals surface area contributed by atoms with E-state index in [2.05, 4.69) is 10.3 Å². The average molecular weight is 317 g/mol. The molecule has 2 aliphatic rings. The van der Waals surface area contributed by atoms with Crippen LogP contribution in [-0.2, 0) is 25.5 Å². The zero-order chi connectivity index (χ0) is 16.4. The fourth-order valence-corrected chi connectivity index (χ4v) is 3.32. The maximum absolute atomic E-state index is 5.89. The molecule has 9 heteroatoms. The van der Waals surface area contributed by atoms with Gasteiger partial charge in [0.05, 0.1) is 31.1 Å². The SMILES string of the molecule is [B][C@H]1CC(OC)[C@@H](Cn2cc(C3C[C@H]([B])O[C@@H]3COC)nn2)O1. The Hall–Kier alpha value is -0.890. The first-order valence-corrected chi connectivity index (χ1v) is 7.84. The number of hydrogen-bond acceptors (Lipinski definition) is 6. The third-order valence-electron chi connectivity index (χ3n) is 4.45. The van der Waals surface area contributed by atoms with Crippen LogP contribution in [0, 0.1) is 0 Å². The molecule has 0 amide bonds. The molecule has 7 nitrogen and oxygen atoms in total. The zero-order valence-electron chi connectivity index (χ0n) is 13.5. The van der Waals surface area contributed by atoms with Crippen molar-refractivity contribution in [3.05, 3.63) is 11.9 Å². The van der Waals surface area contributed by atoms with Crippen LogP contribution in [0.25, 0.3) is 0 Å². The van der Waals surface area contributed by atoms with E-state index in [9.17, 15) is 0 Å². The van der Waals surface area contributed by atoms with Gasteiger partial charge < -0.3 is 18.9 Å². The summed E-state index contributed by atoms with van der Waals surface area (Å²) in [4.78, 5) is 0. The molecule has 122 valence electrons. The van der Waals surface area contributed by atoms with Gasteiger partial charge in [-0.1, -0.05) is 5.21 Å². The minimum atomic E-state index is -0.292. The first-order valence-electron chi connectivity index (χ1n) is 7.84. The van der Waals surface area contributed by atoms with Gasteiger partial charge in [-0.3, -0.25) is 0 Å². The minimum absolute atomic E-state index is 0.0258. The largest absolute Gasteiger partial charge is 0.382 e. The van der Waals surface area contributed by atoms with Crippen LogP contribution in [0.4, 0.5) is 0 Å². The second-order valence-corrected chi connectivity index (χ2v) is 6.10. The smallest absolute Gasteiger partial charge is 0.109 e. The molecule has 6 atom stereocenters. The van der Waals surface area contributed by atoms with Gasteiger partial charge in [0.25, 0.3) is 0 Å². The molecule has 0 spiro atoms. The van der Waals surface area contributed by atoms with Crippen LogP contribution in [0.3, 0.4) is 0 Å². The van der Waals surface area contributed by atoms with Crippen LogP contribution in [0.2, 0.25) is 0 Å². The Labute approximate surface area is 138 Å². The Morgan fingerprint density at radius 3 is 2.70 bits per heavy atom. The lowest BCUT2D eigenvalue weighted by atomic mass is 9.89. The van der Waals surface area contributed by atoms with Crippen LogP contribution in [0.1, 0.15) is 24.5 Å². The van der Waals surface area contributed by atoms with E-state index in [4.69, 9.17) is 34.6 Å². The predicted molar refractivity (Wildman–Crippen MR) is 83.5 cm³/mol. The Balaban J connectivity index is 1.66. The number of ether oxygens (including phenoxy) is 4. The molecule has 2 aliphatic heterocycles. The van der Waals surface area contributed by atoms with Gasteiger partial charge in [-0.05, 0) is 12.8 Å². The van der Waals surface area contributed by atoms with Gasteiger partial charge >= 0.3 is 0 Å². The monoisotopic (exact) mass is 317 g/mol. The van der Waals surface area contributed by atoms with Gasteiger partial charge in [0, 0.05) is 38.3 Å². The summed E-state index contributed by atoms with van der Waals surface area (Å²) in [5, 5.41) is 8.46. The standard InChI is InChI=1S/C14H21B2N3O4/c1-20-7-12-8(3-13(15)23-12)9-5-19(18-17-9)6-11-10(21-2)4-14(16)22-11/h5,8,10-14H,3-4,6-7H2,1-2H3/t8?,10?,11-,12-,13-,14-/m1/s1. The summed E-state index contributed by atoms with van der Waals surface area (Å²) in [7, 11) is 15.0. The minimum Gasteiger partial charge on any atom is -0.382 e. The topological polar surface area (TPSA) is 67.6 Å². The second-order valence-electron chi connectivity index (χ2n) is 6.10. The highest BCUT2D eigenvalue weighted by Gasteiger charge is 2.36. The van der Waals surface area contributed by atoms with Gasteiger partial charge in [-0.25, -0.2) is 4.68 Å². The Kier molecular flexibility index (Phi) is 5.41. The Bertz CT molecular complexity index is 518. The molecule has 0 N–H and O–H groups in total. The molecule has 1 aromatic heterocycles. The second kappa shape index (κ2) is 7.34. The Morgan fingerprint density at radius 1 is 1.22 bits per heavy atom. The van der Waals surface area contributed by atoms with Crippen molar-refractivity contribution in [3.8, 4) is 0 Å². The molecule has 2 saturated heterocycles. The molecule has 23 heavy (non-hydrogen) atoms. The van der Waals surface area contributed by atoms with Crippen molar-refractivity contribution in [2.24, 2.45) is 0 Å². The van der Waals surface area contributed by atoms with E-state index in [0.717, 1.165) is 5.69 Å². The van der Waals surface area contributed by atoms with Gasteiger partial charge in [-0.15, -0.1) is 5.10 Å². The van der Waals surface area contributed by atoms with Crippen LogP contribution >= 0.6 is 0 Å². The summed E-state index contributed by atoms with van der Waals surface area (Å²) < 4.78 is 23.7.